The van der Waals surface area contributed by atoms with Crippen molar-refractivity contribution in [3.8, 4) is 0 Å². The normalized spacial score (nSPS) is 11.7. The van der Waals surface area contributed by atoms with Gasteiger partial charge in [-0.3, -0.25) is 4.79 Å². The fraction of sp³-hybridized carbons (Fsp3) is 0.500. The molecular formula is C16H24N2O6S. The lowest BCUT2D eigenvalue weighted by Gasteiger charge is -2.27. The third kappa shape index (κ3) is 7.53. The molecule has 0 atom stereocenters. The number of rotatable bonds is 7. The van der Waals surface area contributed by atoms with E-state index in [1.54, 1.807) is 58.0 Å². The Hall–Kier alpha value is -2.13. The van der Waals surface area contributed by atoms with Gasteiger partial charge in [-0.1, -0.05) is 30.3 Å². The molecule has 0 saturated carbocycles. The highest BCUT2D eigenvalue weighted by Gasteiger charge is 2.32. The molecule has 1 aromatic rings. The van der Waals surface area contributed by atoms with Crippen molar-refractivity contribution >= 4 is 22.3 Å². The van der Waals surface area contributed by atoms with Gasteiger partial charge in [-0.15, -0.1) is 0 Å². The van der Waals surface area contributed by atoms with E-state index in [4.69, 9.17) is 4.74 Å². The van der Waals surface area contributed by atoms with Gasteiger partial charge < -0.3 is 9.47 Å². The highest BCUT2D eigenvalue weighted by Crippen LogP contribution is 2.15. The molecular weight excluding hydrogens is 348 g/mol. The first-order valence-corrected chi connectivity index (χ1v) is 9.19. The number of nitrogens with one attached hydrogen (secondary N) is 1. The molecule has 1 amide bonds. The van der Waals surface area contributed by atoms with Crippen molar-refractivity contribution in [1.29, 1.82) is 0 Å². The number of ether oxygens (including phenoxy) is 2. The van der Waals surface area contributed by atoms with Crippen LogP contribution in [-0.4, -0.2) is 43.5 Å². The van der Waals surface area contributed by atoms with Crippen LogP contribution in [0.5, 0.6) is 0 Å². The lowest BCUT2D eigenvalue weighted by atomic mass is 10.2. The van der Waals surface area contributed by atoms with Crippen LogP contribution in [0.4, 0.5) is 4.79 Å². The Morgan fingerprint density at radius 1 is 1.16 bits per heavy atom. The van der Waals surface area contributed by atoms with Crippen molar-refractivity contribution in [3.63, 3.8) is 0 Å². The van der Waals surface area contributed by atoms with Gasteiger partial charge in [-0.2, -0.15) is 17.4 Å². The summed E-state index contributed by atoms with van der Waals surface area (Å²) in [5, 5.41) is 0. The molecule has 25 heavy (non-hydrogen) atoms. The van der Waals surface area contributed by atoms with Crippen molar-refractivity contribution in [1.82, 2.24) is 9.03 Å². The Labute approximate surface area is 148 Å². The number of carbonyl (C=O) groups excluding carboxylic acids is 2. The first-order chi connectivity index (χ1) is 11.5. The van der Waals surface area contributed by atoms with E-state index in [0.717, 1.165) is 0 Å². The summed E-state index contributed by atoms with van der Waals surface area (Å²) >= 11 is 0. The van der Waals surface area contributed by atoms with Crippen molar-refractivity contribution < 1.29 is 27.5 Å². The van der Waals surface area contributed by atoms with Crippen molar-refractivity contribution in [2.24, 2.45) is 0 Å². The Bertz CT molecular complexity index is 682. The molecule has 0 saturated heterocycles. The zero-order chi connectivity index (χ0) is 19.1. The van der Waals surface area contributed by atoms with E-state index in [9.17, 15) is 18.0 Å². The summed E-state index contributed by atoms with van der Waals surface area (Å²) in [5.74, 6) is -0.741. The molecule has 8 nitrogen and oxygen atoms in total. The van der Waals surface area contributed by atoms with E-state index in [1.807, 2.05) is 0 Å². The minimum Gasteiger partial charge on any atom is -0.465 e. The summed E-state index contributed by atoms with van der Waals surface area (Å²) < 4.78 is 37.4. The second-order valence-corrected chi connectivity index (χ2v) is 7.78. The maximum absolute atomic E-state index is 12.5. The molecule has 9 heteroatoms. The average Bonchev–Trinajstić information content (AvgIpc) is 2.50. The summed E-state index contributed by atoms with van der Waals surface area (Å²) in [5.41, 5.74) is -0.280. The third-order valence-electron chi connectivity index (χ3n) is 2.76. The fourth-order valence-electron chi connectivity index (χ4n) is 1.75. The van der Waals surface area contributed by atoms with Gasteiger partial charge in [0.25, 0.3) is 0 Å². The predicted octanol–water partition coefficient (Wildman–Crippen LogP) is 1.82. The molecule has 0 heterocycles. The van der Waals surface area contributed by atoms with E-state index in [0.29, 0.717) is 9.87 Å². The number of benzene rings is 1. The first kappa shape index (κ1) is 20.9. The number of hydrogen-bond acceptors (Lipinski definition) is 6. The zero-order valence-electron chi connectivity index (χ0n) is 14.8. The van der Waals surface area contributed by atoms with E-state index in [2.05, 4.69) is 9.46 Å². The van der Waals surface area contributed by atoms with Gasteiger partial charge in [-0.05, 0) is 33.3 Å². The number of hydrogen-bond donors (Lipinski definition) is 1. The van der Waals surface area contributed by atoms with Gasteiger partial charge in [0.1, 0.15) is 12.1 Å². The van der Waals surface area contributed by atoms with Gasteiger partial charge in [-0.25, -0.2) is 4.79 Å². The topological polar surface area (TPSA) is 102 Å². The van der Waals surface area contributed by atoms with Gasteiger partial charge in [0.2, 0.25) is 0 Å². The molecule has 0 spiro atoms. The number of carbonyl (C=O) groups is 2. The Balaban J connectivity index is 2.99. The van der Waals surface area contributed by atoms with Crippen LogP contribution in [0.15, 0.2) is 30.3 Å². The fourth-order valence-corrected chi connectivity index (χ4v) is 2.76. The van der Waals surface area contributed by atoms with Crippen molar-refractivity contribution in [2.75, 3.05) is 13.2 Å². The lowest BCUT2D eigenvalue weighted by molar-refractivity contribution is -0.141. The standard InChI is InChI=1S/C16H24N2O6S/c1-5-23-14(19)11-17-25(21,22)18(15(20)24-16(2,3)4)12-13-9-7-6-8-10-13/h6-10,17H,5,11-12H2,1-4H3. The lowest BCUT2D eigenvalue weighted by Crippen LogP contribution is -2.47. The van der Waals surface area contributed by atoms with Crippen LogP contribution in [0.3, 0.4) is 0 Å². The molecule has 140 valence electrons. The average molecular weight is 372 g/mol. The quantitative estimate of drug-likeness (QED) is 0.733. The van der Waals surface area contributed by atoms with Gasteiger partial charge in [0.05, 0.1) is 13.2 Å². The third-order valence-corrected chi connectivity index (χ3v) is 4.13. The molecule has 0 fully saturated rings. The van der Waals surface area contributed by atoms with Crippen LogP contribution in [0.2, 0.25) is 0 Å². The van der Waals surface area contributed by atoms with Crippen molar-refractivity contribution in [3.05, 3.63) is 35.9 Å². The Morgan fingerprint density at radius 2 is 1.76 bits per heavy atom. The van der Waals surface area contributed by atoms with E-state index in [-0.39, 0.29) is 13.2 Å². The number of nitrogens with zero attached hydrogens (tertiary/aromatic N) is 1. The van der Waals surface area contributed by atoms with E-state index >= 15 is 0 Å². The highest BCUT2D eigenvalue weighted by atomic mass is 32.2. The van der Waals surface area contributed by atoms with Crippen LogP contribution < -0.4 is 4.72 Å². The molecule has 0 aromatic heterocycles. The first-order valence-electron chi connectivity index (χ1n) is 7.75. The zero-order valence-corrected chi connectivity index (χ0v) is 15.6. The minimum atomic E-state index is -4.30. The molecule has 1 N–H and O–H groups in total. The summed E-state index contributed by atoms with van der Waals surface area (Å²) in [6, 6.07) is 8.58. The molecule has 0 unspecified atom stereocenters. The van der Waals surface area contributed by atoms with Gasteiger partial charge in [0, 0.05) is 0 Å². The van der Waals surface area contributed by atoms with Crippen LogP contribution in [0.25, 0.3) is 0 Å². The Morgan fingerprint density at radius 3 is 2.28 bits per heavy atom. The monoisotopic (exact) mass is 372 g/mol. The van der Waals surface area contributed by atoms with Crippen molar-refractivity contribution in [2.45, 2.75) is 39.8 Å². The minimum absolute atomic E-state index is 0.125. The number of amides is 1. The second-order valence-electron chi connectivity index (χ2n) is 6.10. The van der Waals surface area contributed by atoms with E-state index in [1.165, 1.54) is 0 Å². The second kappa shape index (κ2) is 8.82. The SMILES string of the molecule is CCOC(=O)CNS(=O)(=O)N(Cc1ccccc1)C(=O)OC(C)(C)C. The summed E-state index contributed by atoms with van der Waals surface area (Å²) in [6.45, 7) is 5.81. The molecule has 0 aliphatic carbocycles. The van der Waals surface area contributed by atoms with Crippen LogP contribution in [0, 0.1) is 0 Å². The molecule has 0 bridgehead atoms. The maximum atomic E-state index is 12.5. The van der Waals surface area contributed by atoms with Crippen LogP contribution in [-0.2, 0) is 31.0 Å². The highest BCUT2D eigenvalue weighted by molar-refractivity contribution is 7.87. The summed E-state index contributed by atoms with van der Waals surface area (Å²) in [6.07, 6.45) is -1.03. The molecule has 0 aliphatic rings. The van der Waals surface area contributed by atoms with E-state index < -0.39 is 34.4 Å². The van der Waals surface area contributed by atoms with Crippen LogP contribution in [0.1, 0.15) is 33.3 Å². The maximum Gasteiger partial charge on any atom is 0.425 e. The largest absolute Gasteiger partial charge is 0.465 e. The van der Waals surface area contributed by atoms with Gasteiger partial charge >= 0.3 is 22.3 Å². The van der Waals surface area contributed by atoms with Gasteiger partial charge in [0.15, 0.2) is 0 Å². The Kier molecular flexibility index (Phi) is 7.38. The molecule has 1 aromatic carbocycles. The number of esters is 1. The molecule has 1 rings (SSSR count). The molecule has 0 radical (unpaired) electrons. The summed E-state index contributed by atoms with van der Waals surface area (Å²) in [4.78, 5) is 23.7. The van der Waals surface area contributed by atoms with Crippen LogP contribution >= 0.6 is 0 Å². The smallest absolute Gasteiger partial charge is 0.425 e. The summed E-state index contributed by atoms with van der Waals surface area (Å²) in [7, 11) is -4.30. The predicted molar refractivity (Wildman–Crippen MR) is 91.8 cm³/mol. The molecule has 0 aliphatic heterocycles.